The fourth-order valence-electron chi connectivity index (χ4n) is 3.67. The van der Waals surface area contributed by atoms with Crippen LogP contribution in [0, 0.1) is 0 Å². The summed E-state index contributed by atoms with van der Waals surface area (Å²) in [5, 5.41) is 13.1. The molecule has 0 spiro atoms. The molecule has 0 saturated carbocycles. The summed E-state index contributed by atoms with van der Waals surface area (Å²) in [6.07, 6.45) is 2.36. The molecule has 0 bridgehead atoms. The van der Waals surface area contributed by atoms with Crippen molar-refractivity contribution in [2.45, 2.75) is 19.4 Å². The van der Waals surface area contributed by atoms with Crippen molar-refractivity contribution >= 4 is 11.0 Å². The predicted octanol–water partition coefficient (Wildman–Crippen LogP) is 1.72. The Balaban J connectivity index is 1.79. The normalized spacial score (nSPS) is 14.8. The van der Waals surface area contributed by atoms with E-state index in [0.29, 0.717) is 23.3 Å². The first-order valence-electron chi connectivity index (χ1n) is 8.90. The molecule has 0 amide bonds. The molecule has 5 nitrogen and oxygen atoms in total. The maximum atomic E-state index is 12.6. The highest BCUT2D eigenvalue weighted by molar-refractivity contribution is 5.85. The Labute approximate surface area is 151 Å². The van der Waals surface area contributed by atoms with Crippen molar-refractivity contribution < 1.29 is 19.2 Å². The number of likely N-dealkylation sites (tertiary alicyclic amines) is 1. The second kappa shape index (κ2) is 6.84. The van der Waals surface area contributed by atoms with E-state index in [1.54, 1.807) is 19.2 Å². The molecular formula is C21H21NO4. The first-order valence-corrected chi connectivity index (χ1v) is 8.90. The summed E-state index contributed by atoms with van der Waals surface area (Å²) in [5.41, 5.74) is 1.86. The van der Waals surface area contributed by atoms with Gasteiger partial charge in [-0.15, -0.1) is 0 Å². The van der Waals surface area contributed by atoms with Gasteiger partial charge in [0, 0.05) is 23.8 Å². The molecule has 1 N–H and O–H groups in total. The SMILES string of the molecule is COc1ccc(-c2cc3ccc([O-])c(C[NH+]4CCCC4)c3oc2=O)cc1. The van der Waals surface area contributed by atoms with Gasteiger partial charge < -0.3 is 19.2 Å². The monoisotopic (exact) mass is 351 g/mol. The van der Waals surface area contributed by atoms with Crippen LogP contribution in [-0.4, -0.2) is 20.2 Å². The number of hydrogen-bond acceptors (Lipinski definition) is 4. The lowest BCUT2D eigenvalue weighted by Gasteiger charge is -2.19. The number of fused-ring (bicyclic) bond motifs is 1. The summed E-state index contributed by atoms with van der Waals surface area (Å²) < 4.78 is 10.8. The van der Waals surface area contributed by atoms with Gasteiger partial charge in [0.2, 0.25) is 0 Å². The molecule has 0 unspecified atom stereocenters. The molecule has 3 aromatic rings. The van der Waals surface area contributed by atoms with Crippen LogP contribution in [0.4, 0.5) is 0 Å². The predicted molar refractivity (Wildman–Crippen MR) is 97.6 cm³/mol. The third-order valence-corrected chi connectivity index (χ3v) is 5.10. The minimum absolute atomic E-state index is 0.0581. The highest BCUT2D eigenvalue weighted by Gasteiger charge is 2.19. The third kappa shape index (κ3) is 3.06. The second-order valence-corrected chi connectivity index (χ2v) is 6.77. The zero-order chi connectivity index (χ0) is 18.1. The van der Waals surface area contributed by atoms with E-state index in [2.05, 4.69) is 0 Å². The van der Waals surface area contributed by atoms with Crippen LogP contribution in [0.1, 0.15) is 18.4 Å². The standard InChI is InChI=1S/C21H21NO4/c1-25-16-7-4-14(5-8-16)17-12-15-6-9-19(23)18(20(15)26-21(17)24)13-22-10-2-3-11-22/h4-9,12,23H,2-3,10-11,13H2,1H3. The molecule has 5 heteroatoms. The van der Waals surface area contributed by atoms with Gasteiger partial charge in [-0.1, -0.05) is 30.0 Å². The first-order chi connectivity index (χ1) is 12.7. The summed E-state index contributed by atoms with van der Waals surface area (Å²) in [7, 11) is 1.60. The van der Waals surface area contributed by atoms with E-state index in [4.69, 9.17) is 9.15 Å². The Hall–Kier alpha value is -2.79. The van der Waals surface area contributed by atoms with Crippen molar-refractivity contribution in [3.05, 3.63) is 58.4 Å². The minimum atomic E-state index is -0.425. The summed E-state index contributed by atoms with van der Waals surface area (Å²) in [4.78, 5) is 14.0. The van der Waals surface area contributed by atoms with E-state index >= 15 is 0 Å². The highest BCUT2D eigenvalue weighted by Crippen LogP contribution is 2.28. The molecule has 2 aromatic carbocycles. The molecule has 1 aromatic heterocycles. The summed E-state index contributed by atoms with van der Waals surface area (Å²) in [5.74, 6) is 0.669. The van der Waals surface area contributed by atoms with Crippen molar-refractivity contribution in [2.75, 3.05) is 20.2 Å². The maximum Gasteiger partial charge on any atom is 0.344 e. The Morgan fingerprint density at radius 2 is 1.85 bits per heavy atom. The van der Waals surface area contributed by atoms with E-state index in [9.17, 15) is 9.90 Å². The topological polar surface area (TPSA) is 66.9 Å². The molecule has 2 heterocycles. The first kappa shape index (κ1) is 16.7. The lowest BCUT2D eigenvalue weighted by molar-refractivity contribution is -0.901. The van der Waals surface area contributed by atoms with Crippen LogP contribution < -0.4 is 20.4 Å². The average Bonchev–Trinajstić information content (AvgIpc) is 3.17. The lowest BCUT2D eigenvalue weighted by Crippen LogP contribution is -3.08. The third-order valence-electron chi connectivity index (χ3n) is 5.10. The molecule has 0 aliphatic carbocycles. The van der Waals surface area contributed by atoms with Gasteiger partial charge in [-0.3, -0.25) is 0 Å². The van der Waals surface area contributed by atoms with Gasteiger partial charge in [-0.05, 0) is 23.8 Å². The van der Waals surface area contributed by atoms with E-state index in [0.717, 1.165) is 29.8 Å². The molecule has 1 saturated heterocycles. The average molecular weight is 351 g/mol. The molecule has 134 valence electrons. The number of quaternary nitrogens is 1. The molecule has 1 aliphatic rings. The molecular weight excluding hydrogens is 330 g/mol. The second-order valence-electron chi connectivity index (χ2n) is 6.77. The molecule has 1 aliphatic heterocycles. The molecule has 26 heavy (non-hydrogen) atoms. The Bertz CT molecular complexity index is 985. The summed E-state index contributed by atoms with van der Waals surface area (Å²) >= 11 is 0. The molecule has 4 rings (SSSR count). The van der Waals surface area contributed by atoms with Crippen LogP contribution in [0.2, 0.25) is 0 Å². The molecule has 0 radical (unpaired) electrons. The van der Waals surface area contributed by atoms with E-state index < -0.39 is 5.63 Å². The van der Waals surface area contributed by atoms with Crippen LogP contribution in [0.5, 0.6) is 11.5 Å². The number of benzene rings is 2. The largest absolute Gasteiger partial charge is 0.872 e. The van der Waals surface area contributed by atoms with Crippen LogP contribution in [-0.2, 0) is 6.54 Å². The Morgan fingerprint density at radius 1 is 1.12 bits per heavy atom. The number of rotatable bonds is 4. The fourth-order valence-corrected chi connectivity index (χ4v) is 3.67. The number of methoxy groups -OCH3 is 1. The number of nitrogens with one attached hydrogen (secondary N) is 1. The van der Waals surface area contributed by atoms with Crippen LogP contribution in [0.25, 0.3) is 22.1 Å². The van der Waals surface area contributed by atoms with Gasteiger partial charge in [-0.2, -0.15) is 0 Å². The van der Waals surface area contributed by atoms with E-state index in [-0.39, 0.29) is 5.75 Å². The Morgan fingerprint density at radius 3 is 2.54 bits per heavy atom. The summed E-state index contributed by atoms with van der Waals surface area (Å²) in [6.45, 7) is 2.73. The van der Waals surface area contributed by atoms with Gasteiger partial charge in [0.1, 0.15) is 17.9 Å². The maximum absolute atomic E-state index is 12.6. The zero-order valence-corrected chi connectivity index (χ0v) is 14.7. The van der Waals surface area contributed by atoms with E-state index in [1.807, 2.05) is 30.3 Å². The quantitative estimate of drug-likeness (QED) is 0.727. The van der Waals surface area contributed by atoms with Crippen LogP contribution in [0.3, 0.4) is 0 Å². The Kier molecular flexibility index (Phi) is 4.39. The van der Waals surface area contributed by atoms with Crippen molar-refractivity contribution in [3.8, 4) is 22.6 Å². The van der Waals surface area contributed by atoms with Gasteiger partial charge in [0.05, 0.1) is 25.8 Å². The number of hydrogen-bond donors (Lipinski definition) is 1. The molecule has 1 fully saturated rings. The van der Waals surface area contributed by atoms with Crippen molar-refractivity contribution in [2.24, 2.45) is 0 Å². The van der Waals surface area contributed by atoms with Crippen molar-refractivity contribution in [1.82, 2.24) is 0 Å². The van der Waals surface area contributed by atoms with Crippen LogP contribution >= 0.6 is 0 Å². The zero-order valence-electron chi connectivity index (χ0n) is 14.7. The van der Waals surface area contributed by atoms with Gasteiger partial charge in [0.15, 0.2) is 0 Å². The van der Waals surface area contributed by atoms with Crippen molar-refractivity contribution in [3.63, 3.8) is 0 Å². The lowest BCUT2D eigenvalue weighted by atomic mass is 10.0. The fraction of sp³-hybridized carbons (Fsp3) is 0.286. The molecule has 0 atom stereocenters. The van der Waals surface area contributed by atoms with Crippen LogP contribution in [0.15, 0.2) is 51.7 Å². The van der Waals surface area contributed by atoms with Gasteiger partial charge >= 0.3 is 5.63 Å². The van der Waals surface area contributed by atoms with Gasteiger partial charge in [-0.25, -0.2) is 4.79 Å². The minimum Gasteiger partial charge on any atom is -0.872 e. The van der Waals surface area contributed by atoms with Gasteiger partial charge in [0.25, 0.3) is 0 Å². The smallest absolute Gasteiger partial charge is 0.344 e. The van der Waals surface area contributed by atoms with E-state index in [1.165, 1.54) is 17.7 Å². The van der Waals surface area contributed by atoms with Crippen molar-refractivity contribution in [1.29, 1.82) is 0 Å². The highest BCUT2D eigenvalue weighted by atomic mass is 16.5. The summed E-state index contributed by atoms with van der Waals surface area (Å²) in [6, 6.07) is 12.4. The number of ether oxygens (including phenoxy) is 1.